The van der Waals surface area contributed by atoms with Crippen molar-refractivity contribution in [1.82, 2.24) is 19.8 Å². The summed E-state index contributed by atoms with van der Waals surface area (Å²) in [6.07, 6.45) is 3.26. The van der Waals surface area contributed by atoms with E-state index in [9.17, 15) is 0 Å². The summed E-state index contributed by atoms with van der Waals surface area (Å²) in [6, 6.07) is 1.81. The van der Waals surface area contributed by atoms with Gasteiger partial charge in [0.15, 0.2) is 0 Å². The molecule has 0 aliphatic rings. The molecule has 0 N–H and O–H groups in total. The largest absolute Gasteiger partial charge is 0.245 e. The van der Waals surface area contributed by atoms with Gasteiger partial charge in [0, 0.05) is 6.20 Å². The lowest BCUT2D eigenvalue weighted by Crippen LogP contribution is -1.86. The molecule has 5 heteroatoms. The van der Waals surface area contributed by atoms with Crippen molar-refractivity contribution in [3.05, 3.63) is 18.6 Å². The Bertz CT molecular complexity index is 355. The second-order valence-electron chi connectivity index (χ2n) is 1.82. The van der Waals surface area contributed by atoms with Crippen molar-refractivity contribution < 1.29 is 0 Å². The highest BCUT2D eigenvalue weighted by Crippen LogP contribution is 2.08. The van der Waals surface area contributed by atoms with Crippen LogP contribution in [0.2, 0.25) is 0 Å². The quantitative estimate of drug-likeness (QED) is 0.556. The molecule has 2 rings (SSSR count). The number of aromatic nitrogens is 4. The maximum Gasteiger partial charge on any atom is 0.143 e. The van der Waals surface area contributed by atoms with E-state index in [1.54, 1.807) is 17.0 Å². The van der Waals surface area contributed by atoms with E-state index < -0.39 is 0 Å². The van der Waals surface area contributed by atoms with Crippen LogP contribution in [0.4, 0.5) is 0 Å². The van der Waals surface area contributed by atoms with E-state index in [0.717, 1.165) is 5.52 Å². The van der Waals surface area contributed by atoms with Gasteiger partial charge >= 0.3 is 0 Å². The van der Waals surface area contributed by atoms with E-state index in [1.165, 1.54) is 0 Å². The molecule has 0 aliphatic carbocycles. The molecular weight excluding hydrogens is 148 g/mol. The van der Waals surface area contributed by atoms with E-state index in [0.29, 0.717) is 5.03 Å². The molecule has 2 heterocycles. The first-order valence-electron chi connectivity index (χ1n) is 2.72. The molecule has 0 bridgehead atoms. The summed E-state index contributed by atoms with van der Waals surface area (Å²) >= 11 is 4.08. The lowest BCUT2D eigenvalue weighted by Gasteiger charge is -1.85. The molecule has 0 aliphatic heterocycles. The molecule has 0 atom stereocenters. The van der Waals surface area contributed by atoms with Crippen LogP contribution in [-0.2, 0) is 0 Å². The van der Waals surface area contributed by atoms with Crippen LogP contribution in [-0.4, -0.2) is 19.8 Å². The third kappa shape index (κ3) is 0.672. The first kappa shape index (κ1) is 5.67. The number of thiol groups is 1. The van der Waals surface area contributed by atoms with Crippen molar-refractivity contribution in [3.8, 4) is 0 Å². The first-order chi connectivity index (χ1) is 4.88. The lowest BCUT2D eigenvalue weighted by atomic mass is 10.5. The minimum atomic E-state index is 0.627. The summed E-state index contributed by atoms with van der Waals surface area (Å²) in [7, 11) is 0. The fraction of sp³-hybridized carbons (Fsp3) is 0. The molecule has 10 heavy (non-hydrogen) atoms. The van der Waals surface area contributed by atoms with E-state index in [4.69, 9.17) is 0 Å². The standard InChI is InChI=1S/C5H4N4S/c10-5-4-1-2-6-3-9(4)8-7-5/h1-3,10H. The molecule has 0 radical (unpaired) electrons. The Morgan fingerprint density at radius 3 is 3.20 bits per heavy atom. The van der Waals surface area contributed by atoms with Gasteiger partial charge in [0.05, 0.1) is 0 Å². The Morgan fingerprint density at radius 1 is 1.50 bits per heavy atom. The molecule has 0 saturated heterocycles. The molecule has 50 valence electrons. The summed E-state index contributed by atoms with van der Waals surface area (Å²) in [5.74, 6) is 0. The normalized spacial score (nSPS) is 10.5. The molecule has 0 unspecified atom stereocenters. The molecule has 0 amide bonds. The van der Waals surface area contributed by atoms with Gasteiger partial charge in [-0.3, -0.25) is 0 Å². The van der Waals surface area contributed by atoms with E-state index in [2.05, 4.69) is 27.9 Å². The number of rotatable bonds is 0. The Kier molecular flexibility index (Phi) is 1.10. The Hall–Kier alpha value is -1.10. The second-order valence-corrected chi connectivity index (χ2v) is 2.25. The molecular formula is C5H4N4S. The van der Waals surface area contributed by atoms with Gasteiger partial charge in [0.1, 0.15) is 16.9 Å². The van der Waals surface area contributed by atoms with Crippen LogP contribution in [0.25, 0.3) is 5.52 Å². The van der Waals surface area contributed by atoms with Gasteiger partial charge in [-0.05, 0) is 6.07 Å². The zero-order valence-electron chi connectivity index (χ0n) is 4.97. The minimum absolute atomic E-state index is 0.627. The molecule has 0 aromatic carbocycles. The lowest BCUT2D eigenvalue weighted by molar-refractivity contribution is 0.822. The van der Waals surface area contributed by atoms with Crippen molar-refractivity contribution in [2.24, 2.45) is 0 Å². The molecule has 2 aromatic rings. The van der Waals surface area contributed by atoms with Crippen LogP contribution in [0, 0.1) is 0 Å². The fourth-order valence-corrected chi connectivity index (χ4v) is 0.961. The van der Waals surface area contributed by atoms with Crippen LogP contribution >= 0.6 is 12.6 Å². The SMILES string of the molecule is Sc1nnn2cnccc12. The second kappa shape index (κ2) is 1.95. The van der Waals surface area contributed by atoms with Crippen LogP contribution in [0.15, 0.2) is 23.6 Å². The van der Waals surface area contributed by atoms with Gasteiger partial charge in [-0.1, -0.05) is 5.21 Å². The topological polar surface area (TPSA) is 43.1 Å². The van der Waals surface area contributed by atoms with Crippen LogP contribution in [0.3, 0.4) is 0 Å². The zero-order chi connectivity index (χ0) is 6.97. The number of hydrogen-bond donors (Lipinski definition) is 1. The summed E-state index contributed by atoms with van der Waals surface area (Å²) in [4.78, 5) is 3.85. The first-order valence-corrected chi connectivity index (χ1v) is 3.16. The summed E-state index contributed by atoms with van der Waals surface area (Å²) in [6.45, 7) is 0. The number of hydrogen-bond acceptors (Lipinski definition) is 4. The monoisotopic (exact) mass is 152 g/mol. The van der Waals surface area contributed by atoms with E-state index in [-0.39, 0.29) is 0 Å². The van der Waals surface area contributed by atoms with Gasteiger partial charge in [-0.15, -0.1) is 17.7 Å². The van der Waals surface area contributed by atoms with Gasteiger partial charge in [-0.2, -0.15) is 0 Å². The minimum Gasteiger partial charge on any atom is -0.245 e. The summed E-state index contributed by atoms with van der Waals surface area (Å²) in [5, 5.41) is 8.11. The Morgan fingerprint density at radius 2 is 2.40 bits per heavy atom. The molecule has 2 aromatic heterocycles. The summed E-state index contributed by atoms with van der Waals surface area (Å²) in [5.41, 5.74) is 0.873. The van der Waals surface area contributed by atoms with Gasteiger partial charge < -0.3 is 0 Å². The highest BCUT2D eigenvalue weighted by Gasteiger charge is 1.97. The van der Waals surface area contributed by atoms with Gasteiger partial charge in [0.25, 0.3) is 0 Å². The molecule has 4 nitrogen and oxygen atoms in total. The number of nitrogens with zero attached hydrogens (tertiary/aromatic N) is 4. The Balaban J connectivity index is 2.93. The average Bonchev–Trinajstić information content (AvgIpc) is 2.34. The Labute approximate surface area is 62.3 Å². The maximum absolute atomic E-state index is 4.08. The highest BCUT2D eigenvalue weighted by atomic mass is 32.1. The highest BCUT2D eigenvalue weighted by molar-refractivity contribution is 7.80. The summed E-state index contributed by atoms with van der Waals surface area (Å²) < 4.78 is 1.57. The van der Waals surface area contributed by atoms with Crippen molar-refractivity contribution >= 4 is 18.1 Å². The third-order valence-electron chi connectivity index (χ3n) is 1.21. The van der Waals surface area contributed by atoms with Crippen molar-refractivity contribution in [2.45, 2.75) is 5.03 Å². The zero-order valence-corrected chi connectivity index (χ0v) is 5.86. The van der Waals surface area contributed by atoms with E-state index in [1.807, 2.05) is 6.07 Å². The van der Waals surface area contributed by atoms with Crippen LogP contribution in [0.5, 0.6) is 0 Å². The predicted molar refractivity (Wildman–Crippen MR) is 38.0 cm³/mol. The third-order valence-corrected chi connectivity index (χ3v) is 1.52. The number of fused-ring (bicyclic) bond motifs is 1. The fourth-order valence-electron chi connectivity index (χ4n) is 0.744. The smallest absolute Gasteiger partial charge is 0.143 e. The van der Waals surface area contributed by atoms with Gasteiger partial charge in [0.2, 0.25) is 0 Å². The van der Waals surface area contributed by atoms with Gasteiger partial charge in [-0.25, -0.2) is 9.50 Å². The van der Waals surface area contributed by atoms with Crippen LogP contribution < -0.4 is 0 Å². The van der Waals surface area contributed by atoms with Crippen molar-refractivity contribution in [2.75, 3.05) is 0 Å². The van der Waals surface area contributed by atoms with Crippen molar-refractivity contribution in [3.63, 3.8) is 0 Å². The van der Waals surface area contributed by atoms with E-state index >= 15 is 0 Å². The van der Waals surface area contributed by atoms with Crippen molar-refractivity contribution in [1.29, 1.82) is 0 Å². The molecule has 0 fully saturated rings. The maximum atomic E-state index is 4.08. The predicted octanol–water partition coefficient (Wildman–Crippen LogP) is 0.413. The molecule has 0 saturated carbocycles. The van der Waals surface area contributed by atoms with Crippen LogP contribution in [0.1, 0.15) is 0 Å². The average molecular weight is 152 g/mol. The molecule has 0 spiro atoms.